The molecular weight excluding hydrogens is 412 g/mol. The van der Waals surface area contributed by atoms with Crippen LogP contribution in [0.1, 0.15) is 40.5 Å². The predicted molar refractivity (Wildman–Crippen MR) is 127 cm³/mol. The lowest BCUT2D eigenvalue weighted by Gasteiger charge is -2.18. The van der Waals surface area contributed by atoms with Crippen molar-refractivity contribution in [1.82, 2.24) is 0 Å². The summed E-state index contributed by atoms with van der Waals surface area (Å²) in [7, 11) is 3.13. The van der Waals surface area contributed by atoms with Crippen LogP contribution in [-0.4, -0.2) is 31.3 Å². The third-order valence-electron chi connectivity index (χ3n) is 4.42. The molecule has 0 aliphatic carbocycles. The van der Waals surface area contributed by atoms with Crippen LogP contribution < -0.4 is 20.1 Å². The Balaban J connectivity index is 2.07. The molecule has 0 fully saturated rings. The minimum atomic E-state index is -0.299. The van der Waals surface area contributed by atoms with E-state index in [0.29, 0.717) is 30.0 Å². The van der Waals surface area contributed by atoms with Gasteiger partial charge < -0.3 is 20.1 Å². The molecule has 2 aromatic rings. The third-order valence-corrected chi connectivity index (χ3v) is 5.77. The fourth-order valence-electron chi connectivity index (χ4n) is 2.94. The van der Waals surface area contributed by atoms with Crippen LogP contribution in [0.2, 0.25) is 0 Å². The van der Waals surface area contributed by atoms with Gasteiger partial charge in [0, 0.05) is 23.1 Å². The van der Waals surface area contributed by atoms with Crippen molar-refractivity contribution in [2.24, 2.45) is 5.41 Å². The molecule has 2 rings (SSSR count). The fraction of sp³-hybridized carbons (Fsp3) is 0.417. The summed E-state index contributed by atoms with van der Waals surface area (Å²) in [4.78, 5) is 26.0. The first-order valence-electron chi connectivity index (χ1n) is 10.2. The van der Waals surface area contributed by atoms with Crippen molar-refractivity contribution >= 4 is 35.0 Å². The fourth-order valence-corrected chi connectivity index (χ4v) is 3.95. The summed E-state index contributed by atoms with van der Waals surface area (Å²) in [5.74, 6) is 1.06. The van der Waals surface area contributed by atoms with Crippen molar-refractivity contribution in [3.05, 3.63) is 42.5 Å². The minimum absolute atomic E-state index is 0.0222. The van der Waals surface area contributed by atoms with E-state index in [4.69, 9.17) is 9.47 Å². The highest BCUT2D eigenvalue weighted by molar-refractivity contribution is 8.00. The standard InChI is InChI=1S/C24H32N2O4S/c1-7-21(23(28)26-19-12-11-17(29-5)14-20(19)30-6)31-18-10-8-9-16(13-18)25-22(27)15-24(2,3)4/h8-14,21H,7,15H2,1-6H3,(H,25,27)(H,26,28). The zero-order valence-electron chi connectivity index (χ0n) is 19.1. The highest BCUT2D eigenvalue weighted by Crippen LogP contribution is 2.32. The predicted octanol–water partition coefficient (Wildman–Crippen LogP) is 5.59. The average Bonchev–Trinajstić information content (AvgIpc) is 2.71. The average molecular weight is 445 g/mol. The Labute approximate surface area is 189 Å². The summed E-state index contributed by atoms with van der Waals surface area (Å²) in [6.45, 7) is 8.06. The summed E-state index contributed by atoms with van der Waals surface area (Å²) < 4.78 is 10.6. The van der Waals surface area contributed by atoms with Crippen LogP contribution >= 0.6 is 11.8 Å². The van der Waals surface area contributed by atoms with Gasteiger partial charge in [-0.2, -0.15) is 0 Å². The minimum Gasteiger partial charge on any atom is -0.497 e. The first kappa shape index (κ1) is 24.6. The number of amides is 2. The van der Waals surface area contributed by atoms with Crippen molar-refractivity contribution in [2.45, 2.75) is 50.7 Å². The molecule has 0 radical (unpaired) electrons. The van der Waals surface area contributed by atoms with E-state index in [0.717, 1.165) is 10.6 Å². The van der Waals surface area contributed by atoms with Crippen LogP contribution in [-0.2, 0) is 9.59 Å². The lowest BCUT2D eigenvalue weighted by molar-refractivity contribution is -0.118. The smallest absolute Gasteiger partial charge is 0.237 e. The largest absolute Gasteiger partial charge is 0.497 e. The summed E-state index contributed by atoms with van der Waals surface area (Å²) >= 11 is 1.46. The number of anilines is 2. The van der Waals surface area contributed by atoms with Gasteiger partial charge in [-0.1, -0.05) is 33.8 Å². The van der Waals surface area contributed by atoms with Gasteiger partial charge in [-0.25, -0.2) is 0 Å². The molecular formula is C24H32N2O4S. The Morgan fingerprint density at radius 2 is 1.77 bits per heavy atom. The second-order valence-electron chi connectivity index (χ2n) is 8.38. The number of carbonyl (C=O) groups is 2. The van der Waals surface area contributed by atoms with Gasteiger partial charge in [0.1, 0.15) is 11.5 Å². The summed E-state index contributed by atoms with van der Waals surface area (Å²) in [5.41, 5.74) is 1.24. The number of hydrogen-bond donors (Lipinski definition) is 2. The Kier molecular flexibility index (Phi) is 8.80. The molecule has 0 aromatic heterocycles. The van der Waals surface area contributed by atoms with Crippen LogP contribution in [0.3, 0.4) is 0 Å². The molecule has 1 unspecified atom stereocenters. The Morgan fingerprint density at radius 1 is 1.03 bits per heavy atom. The van der Waals surface area contributed by atoms with Gasteiger partial charge in [0.2, 0.25) is 11.8 Å². The summed E-state index contributed by atoms with van der Waals surface area (Å²) in [5, 5.41) is 5.59. The second-order valence-corrected chi connectivity index (χ2v) is 9.66. The topological polar surface area (TPSA) is 76.7 Å². The zero-order chi connectivity index (χ0) is 23.0. The van der Waals surface area contributed by atoms with Crippen LogP contribution in [0.25, 0.3) is 0 Å². The van der Waals surface area contributed by atoms with Crippen LogP contribution in [0, 0.1) is 5.41 Å². The molecule has 0 heterocycles. The Hall–Kier alpha value is -2.67. The highest BCUT2D eigenvalue weighted by Gasteiger charge is 2.20. The maximum Gasteiger partial charge on any atom is 0.237 e. The van der Waals surface area contributed by atoms with E-state index >= 15 is 0 Å². The number of carbonyl (C=O) groups excluding carboxylic acids is 2. The molecule has 0 saturated carbocycles. The maximum absolute atomic E-state index is 12.9. The lowest BCUT2D eigenvalue weighted by atomic mass is 9.92. The molecule has 0 aliphatic rings. The normalized spacial score (nSPS) is 12.1. The quantitative estimate of drug-likeness (QED) is 0.493. The highest BCUT2D eigenvalue weighted by atomic mass is 32.2. The second kappa shape index (κ2) is 11.1. The molecule has 2 N–H and O–H groups in total. The molecule has 31 heavy (non-hydrogen) atoms. The number of ether oxygens (including phenoxy) is 2. The third kappa shape index (κ3) is 7.83. The number of rotatable bonds is 9. The SMILES string of the molecule is CCC(Sc1cccc(NC(=O)CC(C)(C)C)c1)C(=O)Nc1ccc(OC)cc1OC. The first-order valence-corrected chi connectivity index (χ1v) is 11.1. The van der Waals surface area contributed by atoms with Gasteiger partial charge in [0.25, 0.3) is 0 Å². The Bertz CT molecular complexity index is 909. The molecule has 0 saturated heterocycles. The molecule has 0 spiro atoms. The van der Waals surface area contributed by atoms with Gasteiger partial charge in [0.05, 0.1) is 25.2 Å². The van der Waals surface area contributed by atoms with E-state index in [1.165, 1.54) is 11.8 Å². The number of benzene rings is 2. The van der Waals surface area contributed by atoms with E-state index in [1.54, 1.807) is 32.4 Å². The van der Waals surface area contributed by atoms with Gasteiger partial charge in [-0.3, -0.25) is 9.59 Å². The Morgan fingerprint density at radius 3 is 2.39 bits per heavy atom. The van der Waals surface area contributed by atoms with E-state index in [9.17, 15) is 9.59 Å². The molecule has 0 bridgehead atoms. The number of methoxy groups -OCH3 is 2. The van der Waals surface area contributed by atoms with Crippen LogP contribution in [0.15, 0.2) is 47.4 Å². The van der Waals surface area contributed by atoms with Crippen molar-refractivity contribution in [3.63, 3.8) is 0 Å². The van der Waals surface area contributed by atoms with Crippen molar-refractivity contribution in [2.75, 3.05) is 24.9 Å². The molecule has 2 aromatic carbocycles. The number of hydrogen-bond acceptors (Lipinski definition) is 5. The van der Waals surface area contributed by atoms with Crippen molar-refractivity contribution in [1.29, 1.82) is 0 Å². The van der Waals surface area contributed by atoms with E-state index in [1.807, 2.05) is 52.0 Å². The van der Waals surface area contributed by atoms with Gasteiger partial charge in [-0.15, -0.1) is 11.8 Å². The molecule has 1 atom stereocenters. The maximum atomic E-state index is 12.9. The number of thioether (sulfide) groups is 1. The summed E-state index contributed by atoms with van der Waals surface area (Å²) in [6.07, 6.45) is 1.09. The molecule has 2 amide bonds. The first-order chi connectivity index (χ1) is 14.6. The van der Waals surface area contributed by atoms with Crippen molar-refractivity contribution in [3.8, 4) is 11.5 Å². The van der Waals surface area contributed by atoms with Gasteiger partial charge in [0.15, 0.2) is 0 Å². The lowest BCUT2D eigenvalue weighted by Crippen LogP contribution is -2.24. The van der Waals surface area contributed by atoms with Gasteiger partial charge in [-0.05, 0) is 42.2 Å². The molecule has 6 nitrogen and oxygen atoms in total. The van der Waals surface area contributed by atoms with E-state index in [-0.39, 0.29) is 22.5 Å². The number of nitrogens with one attached hydrogen (secondary N) is 2. The molecule has 7 heteroatoms. The zero-order valence-corrected chi connectivity index (χ0v) is 19.9. The molecule has 0 aliphatic heterocycles. The van der Waals surface area contributed by atoms with Crippen LogP contribution in [0.5, 0.6) is 11.5 Å². The summed E-state index contributed by atoms with van der Waals surface area (Å²) in [6, 6.07) is 12.8. The monoisotopic (exact) mass is 444 g/mol. The van der Waals surface area contributed by atoms with Gasteiger partial charge >= 0.3 is 0 Å². The molecule has 168 valence electrons. The van der Waals surface area contributed by atoms with E-state index in [2.05, 4.69) is 10.6 Å². The van der Waals surface area contributed by atoms with Crippen molar-refractivity contribution < 1.29 is 19.1 Å². The van der Waals surface area contributed by atoms with E-state index < -0.39 is 0 Å². The van der Waals surface area contributed by atoms with Crippen LogP contribution in [0.4, 0.5) is 11.4 Å².